The van der Waals surface area contributed by atoms with E-state index in [0.717, 1.165) is 17.8 Å². The molecule has 13 heteroatoms. The molecule has 3 aromatic heterocycles. The van der Waals surface area contributed by atoms with Gasteiger partial charge in [-0.2, -0.15) is 23.4 Å². The minimum absolute atomic E-state index is 0.0612. The number of hydrogen-bond acceptors (Lipinski definition) is 8. The Morgan fingerprint density at radius 2 is 2.23 bits per heavy atom. The van der Waals surface area contributed by atoms with Crippen LogP contribution in [0.15, 0.2) is 39.3 Å². The molecule has 156 valence electrons. The second-order valence-electron chi connectivity index (χ2n) is 5.99. The summed E-state index contributed by atoms with van der Waals surface area (Å²) >= 11 is 1.95. The predicted molar refractivity (Wildman–Crippen MR) is 103 cm³/mol. The second-order valence-corrected chi connectivity index (χ2v) is 7.90. The summed E-state index contributed by atoms with van der Waals surface area (Å²) < 4.78 is 45.4. The highest BCUT2D eigenvalue weighted by molar-refractivity contribution is 8.00. The van der Waals surface area contributed by atoms with E-state index in [4.69, 9.17) is 4.52 Å². The quantitative estimate of drug-likeness (QED) is 0.451. The van der Waals surface area contributed by atoms with Gasteiger partial charge in [0, 0.05) is 0 Å². The van der Waals surface area contributed by atoms with Crippen LogP contribution >= 0.6 is 23.1 Å². The van der Waals surface area contributed by atoms with Crippen molar-refractivity contribution < 1.29 is 27.3 Å². The van der Waals surface area contributed by atoms with Gasteiger partial charge in [-0.3, -0.25) is 14.6 Å². The monoisotopic (exact) mass is 455 g/mol. The molecule has 1 amide bonds. The largest absolute Gasteiger partial charge is 0.417 e. The number of halogens is 3. The van der Waals surface area contributed by atoms with Crippen LogP contribution in [0, 0.1) is 11.3 Å². The van der Waals surface area contributed by atoms with Gasteiger partial charge >= 0.3 is 12.1 Å². The summed E-state index contributed by atoms with van der Waals surface area (Å²) in [6, 6.07) is 5.73. The lowest BCUT2D eigenvalue weighted by atomic mass is 10.1. The molecule has 0 fully saturated rings. The van der Waals surface area contributed by atoms with Gasteiger partial charge in [0.1, 0.15) is 11.1 Å². The molecule has 0 aromatic carbocycles. The first-order chi connectivity index (χ1) is 14.2. The Morgan fingerprint density at radius 1 is 1.47 bits per heavy atom. The number of nitrogens with one attached hydrogen (secondary N) is 1. The first-order valence-electron chi connectivity index (χ1n) is 8.24. The Hall–Kier alpha value is -3.11. The van der Waals surface area contributed by atoms with E-state index >= 15 is 0 Å². The zero-order valence-corrected chi connectivity index (χ0v) is 17.2. The van der Waals surface area contributed by atoms with Crippen LogP contribution in [0.3, 0.4) is 0 Å². The number of alkyl halides is 3. The van der Waals surface area contributed by atoms with Gasteiger partial charge < -0.3 is 0 Å². The number of anilines is 1. The fourth-order valence-corrected chi connectivity index (χ4v) is 3.79. The second kappa shape index (κ2) is 8.72. The van der Waals surface area contributed by atoms with E-state index in [-0.39, 0.29) is 22.4 Å². The van der Waals surface area contributed by atoms with Crippen LogP contribution in [0.5, 0.6) is 0 Å². The molecule has 0 saturated carbocycles. The molecule has 8 nitrogen and oxygen atoms in total. The summed E-state index contributed by atoms with van der Waals surface area (Å²) in [6.45, 7) is 0. The molecule has 3 aromatic rings. The number of rotatable bonds is 6. The molecule has 0 spiro atoms. The van der Waals surface area contributed by atoms with Crippen molar-refractivity contribution in [2.45, 2.75) is 11.2 Å². The lowest BCUT2D eigenvalue weighted by molar-refractivity contribution is -0.753. The fraction of sp³-hybridized carbons (Fsp3) is 0.235. The molecule has 0 unspecified atom stereocenters. The number of nitriles is 1. The van der Waals surface area contributed by atoms with Crippen molar-refractivity contribution in [1.29, 1.82) is 5.26 Å². The van der Waals surface area contributed by atoms with E-state index in [1.165, 1.54) is 22.3 Å². The first kappa shape index (κ1) is 21.6. The molecular formula is C17H14F3N6O2S2+. The van der Waals surface area contributed by atoms with Crippen molar-refractivity contribution in [2.75, 3.05) is 30.2 Å². The number of hydrogen-bond donors (Lipinski definition) is 1. The summed E-state index contributed by atoms with van der Waals surface area (Å²) in [6.07, 6.45) is -3.32. The highest BCUT2D eigenvalue weighted by Gasteiger charge is 2.36. The Balaban J connectivity index is 1.84. The molecule has 0 bridgehead atoms. The molecule has 1 N–H and O–H groups in total. The van der Waals surface area contributed by atoms with Gasteiger partial charge in [0.25, 0.3) is 6.20 Å². The van der Waals surface area contributed by atoms with Crippen molar-refractivity contribution in [3.63, 3.8) is 0 Å². The third-order valence-electron chi connectivity index (χ3n) is 3.65. The van der Waals surface area contributed by atoms with E-state index in [0.29, 0.717) is 4.88 Å². The van der Waals surface area contributed by atoms with Crippen molar-refractivity contribution in [3.05, 3.63) is 40.9 Å². The summed E-state index contributed by atoms with van der Waals surface area (Å²) in [5.74, 6) is -0.774. The predicted octanol–water partition coefficient (Wildman–Crippen LogP) is 2.90. The molecule has 3 heterocycles. The number of nitrogens with zero attached hydrogens (tertiary/aromatic N) is 5. The molecule has 0 aliphatic rings. The zero-order chi connectivity index (χ0) is 21.9. The lowest BCUT2D eigenvalue weighted by Crippen LogP contribution is -2.53. The zero-order valence-electron chi connectivity index (χ0n) is 15.6. The summed E-state index contributed by atoms with van der Waals surface area (Å²) in [7, 11) is 3.41. The van der Waals surface area contributed by atoms with Crippen LogP contribution in [0.1, 0.15) is 11.1 Å². The van der Waals surface area contributed by atoms with Gasteiger partial charge in [-0.05, 0) is 17.5 Å². The fourth-order valence-electron chi connectivity index (χ4n) is 2.30. The maximum atomic E-state index is 13.5. The average molecular weight is 455 g/mol. The smallest absolute Gasteiger partial charge is 0.288 e. The van der Waals surface area contributed by atoms with Gasteiger partial charge in [-0.25, -0.2) is 4.98 Å². The number of pyridine rings is 1. The van der Waals surface area contributed by atoms with Crippen molar-refractivity contribution in [1.82, 2.24) is 10.3 Å². The van der Waals surface area contributed by atoms with Crippen LogP contribution in [0.4, 0.5) is 19.1 Å². The molecular weight excluding hydrogens is 441 g/mol. The van der Waals surface area contributed by atoms with E-state index < -0.39 is 23.2 Å². The van der Waals surface area contributed by atoms with Crippen molar-refractivity contribution in [2.24, 2.45) is 0 Å². The third kappa shape index (κ3) is 4.89. The van der Waals surface area contributed by atoms with Gasteiger partial charge in [-0.15, -0.1) is 11.3 Å². The normalized spacial score (nSPS) is 11.2. The summed E-state index contributed by atoms with van der Waals surface area (Å²) in [5.41, 5.74) is -1.62. The van der Waals surface area contributed by atoms with E-state index in [2.05, 4.69) is 15.6 Å². The van der Waals surface area contributed by atoms with Crippen LogP contribution in [-0.2, 0) is 11.0 Å². The number of amides is 1. The maximum absolute atomic E-state index is 13.5. The van der Waals surface area contributed by atoms with E-state index in [9.17, 15) is 23.2 Å². The Bertz CT molecular complexity index is 1090. The summed E-state index contributed by atoms with van der Waals surface area (Å²) in [5, 5.41) is 18.5. The van der Waals surface area contributed by atoms with Gasteiger partial charge in [0.05, 0.1) is 46.3 Å². The van der Waals surface area contributed by atoms with E-state index in [1.54, 1.807) is 42.7 Å². The van der Waals surface area contributed by atoms with Crippen molar-refractivity contribution >= 4 is 34.9 Å². The lowest BCUT2D eigenvalue weighted by Gasteiger charge is -2.13. The molecule has 0 aliphatic carbocycles. The number of carbonyl (C=O) groups is 1. The molecule has 30 heavy (non-hydrogen) atoms. The van der Waals surface area contributed by atoms with Crippen LogP contribution in [0.2, 0.25) is 0 Å². The average Bonchev–Trinajstić information content (AvgIpc) is 3.37. The SMILES string of the molecule is CN(C)[n+]1cc(NC(=O)CSc2nc(-c3cccs3)cc(C(F)(F)F)c2C#N)on1. The van der Waals surface area contributed by atoms with Gasteiger partial charge in [0.2, 0.25) is 11.2 Å². The molecule has 0 aliphatic heterocycles. The first-order valence-corrected chi connectivity index (χ1v) is 10.1. The van der Waals surface area contributed by atoms with Gasteiger partial charge in [0.15, 0.2) is 0 Å². The van der Waals surface area contributed by atoms with E-state index in [1.807, 2.05) is 0 Å². The standard InChI is InChI=1S/C17H13F3N6O2S2/c1-25(2)26-8-15(28-24-26)23-14(27)9-30-16-10(7-21)11(17(18,19)20)6-12(22-16)13-4-3-5-29-13/h3-6,8H,9H2,1-2H3/p+1. The summed E-state index contributed by atoms with van der Waals surface area (Å²) in [4.78, 5) is 18.2. The minimum atomic E-state index is -4.74. The highest BCUT2D eigenvalue weighted by Crippen LogP contribution is 2.38. The number of carbonyl (C=O) groups excluding carboxylic acids is 1. The highest BCUT2D eigenvalue weighted by atomic mass is 32.2. The molecule has 0 atom stereocenters. The Labute approximate surface area is 176 Å². The Kier molecular flexibility index (Phi) is 6.28. The van der Waals surface area contributed by atoms with Crippen LogP contribution < -0.4 is 15.1 Å². The molecule has 0 saturated heterocycles. The van der Waals surface area contributed by atoms with Crippen LogP contribution in [0.25, 0.3) is 10.6 Å². The molecule has 3 rings (SSSR count). The minimum Gasteiger partial charge on any atom is -0.288 e. The maximum Gasteiger partial charge on any atom is 0.417 e. The van der Waals surface area contributed by atoms with Crippen LogP contribution in [-0.4, -0.2) is 36.0 Å². The Morgan fingerprint density at radius 3 is 2.80 bits per heavy atom. The number of thioether (sulfide) groups is 1. The topological polar surface area (TPSA) is 98.9 Å². The number of thiophene rings is 1. The number of aromatic nitrogens is 3. The third-order valence-corrected chi connectivity index (χ3v) is 5.51. The van der Waals surface area contributed by atoms with Crippen molar-refractivity contribution in [3.8, 4) is 16.6 Å². The molecule has 0 radical (unpaired) electrons. The van der Waals surface area contributed by atoms with Gasteiger partial charge in [-0.1, -0.05) is 17.8 Å².